The quantitative estimate of drug-likeness (QED) is 0.864. The van der Waals surface area contributed by atoms with Crippen molar-refractivity contribution in [1.82, 2.24) is 4.98 Å². The number of aromatic nitrogens is 1. The van der Waals surface area contributed by atoms with Crippen LogP contribution < -0.4 is 5.73 Å². The minimum absolute atomic E-state index is 0.0960. The number of hydrogen-bond donors (Lipinski definition) is 1. The van der Waals surface area contributed by atoms with Crippen molar-refractivity contribution in [3.05, 3.63) is 64.1 Å². The third-order valence-electron chi connectivity index (χ3n) is 2.58. The molecule has 0 fully saturated rings. The Morgan fingerprint density at radius 1 is 1.26 bits per heavy atom. The van der Waals surface area contributed by atoms with E-state index in [2.05, 4.69) is 20.9 Å². The average molecular weight is 318 g/mol. The molecule has 1 heterocycles. The first kappa shape index (κ1) is 13.2. The topological polar surface area (TPSA) is 62.7 Å². The third kappa shape index (κ3) is 2.64. The number of rotatable bonds is 2. The Kier molecular flexibility index (Phi) is 3.93. The Hall–Kier alpha value is -2.19. The van der Waals surface area contributed by atoms with Crippen LogP contribution in [0.4, 0.5) is 4.39 Å². The second kappa shape index (κ2) is 5.63. The second-order valence-electron chi connectivity index (χ2n) is 3.73. The summed E-state index contributed by atoms with van der Waals surface area (Å²) in [4.78, 5) is 3.87. The van der Waals surface area contributed by atoms with Crippen LogP contribution in [0, 0.1) is 17.1 Å². The molecular formula is C14H9BrFN3. The van der Waals surface area contributed by atoms with E-state index < -0.39 is 5.82 Å². The van der Waals surface area contributed by atoms with Crippen LogP contribution in [0.25, 0.3) is 11.3 Å². The van der Waals surface area contributed by atoms with E-state index in [1.165, 1.54) is 6.07 Å². The van der Waals surface area contributed by atoms with Crippen LogP contribution in [-0.4, -0.2) is 4.98 Å². The Morgan fingerprint density at radius 2 is 1.95 bits per heavy atom. The number of allylic oxidation sites excluding steroid dienone is 1. The van der Waals surface area contributed by atoms with Crippen molar-refractivity contribution in [2.24, 2.45) is 5.73 Å². The van der Waals surface area contributed by atoms with Crippen molar-refractivity contribution in [1.29, 1.82) is 5.26 Å². The van der Waals surface area contributed by atoms with E-state index in [1.54, 1.807) is 36.7 Å². The van der Waals surface area contributed by atoms with Crippen LogP contribution in [-0.2, 0) is 0 Å². The molecule has 0 radical (unpaired) electrons. The summed E-state index contributed by atoms with van der Waals surface area (Å²) in [6.45, 7) is 0. The number of nitrogens with zero attached hydrogens (tertiary/aromatic N) is 2. The van der Waals surface area contributed by atoms with E-state index in [1.807, 2.05) is 6.07 Å². The third-order valence-corrected chi connectivity index (χ3v) is 3.24. The van der Waals surface area contributed by atoms with Crippen molar-refractivity contribution in [2.75, 3.05) is 0 Å². The summed E-state index contributed by atoms with van der Waals surface area (Å²) < 4.78 is 14.4. The van der Waals surface area contributed by atoms with E-state index in [0.717, 1.165) is 0 Å². The fourth-order valence-corrected chi connectivity index (χ4v) is 2.23. The normalized spacial score (nSPS) is 11.6. The Balaban J connectivity index is 2.67. The monoisotopic (exact) mass is 317 g/mol. The number of hydrogen-bond acceptors (Lipinski definition) is 3. The molecule has 0 amide bonds. The summed E-state index contributed by atoms with van der Waals surface area (Å²) in [5.74, 6) is -0.478. The molecule has 5 heteroatoms. The smallest absolute Gasteiger partial charge is 0.133 e. The maximum absolute atomic E-state index is 13.8. The van der Waals surface area contributed by atoms with Crippen LogP contribution in [0.1, 0.15) is 11.1 Å². The molecule has 2 rings (SSSR count). The average Bonchev–Trinajstić information content (AvgIpc) is 2.40. The first-order valence-electron chi connectivity index (χ1n) is 5.39. The van der Waals surface area contributed by atoms with Crippen molar-refractivity contribution in [2.45, 2.75) is 0 Å². The van der Waals surface area contributed by atoms with Crippen molar-refractivity contribution >= 4 is 27.2 Å². The van der Waals surface area contributed by atoms with Gasteiger partial charge in [0.25, 0.3) is 0 Å². The van der Waals surface area contributed by atoms with E-state index in [0.29, 0.717) is 10.0 Å². The van der Waals surface area contributed by atoms with Crippen LogP contribution in [0.2, 0.25) is 0 Å². The summed E-state index contributed by atoms with van der Waals surface area (Å²) >= 11 is 3.24. The molecule has 3 nitrogen and oxygen atoms in total. The van der Waals surface area contributed by atoms with Crippen molar-refractivity contribution in [3.63, 3.8) is 0 Å². The first-order valence-corrected chi connectivity index (χ1v) is 6.19. The van der Waals surface area contributed by atoms with Crippen LogP contribution in [0.3, 0.4) is 0 Å². The zero-order valence-electron chi connectivity index (χ0n) is 9.77. The van der Waals surface area contributed by atoms with Crippen LogP contribution >= 0.6 is 15.9 Å². The number of nitrogens with two attached hydrogens (primary N) is 1. The molecule has 0 spiro atoms. The number of pyridine rings is 1. The minimum Gasteiger partial charge on any atom is -0.397 e. The van der Waals surface area contributed by atoms with Gasteiger partial charge in [-0.3, -0.25) is 4.98 Å². The molecule has 0 saturated heterocycles. The van der Waals surface area contributed by atoms with Crippen LogP contribution in [0.5, 0.6) is 0 Å². The minimum atomic E-state index is -0.478. The molecule has 19 heavy (non-hydrogen) atoms. The summed E-state index contributed by atoms with van der Waals surface area (Å²) in [6, 6.07) is 9.85. The van der Waals surface area contributed by atoms with E-state index >= 15 is 0 Å². The summed E-state index contributed by atoms with van der Waals surface area (Å²) in [5.41, 5.74) is 7.05. The molecular weight excluding hydrogens is 309 g/mol. The van der Waals surface area contributed by atoms with Gasteiger partial charge in [0.2, 0.25) is 0 Å². The fraction of sp³-hybridized carbons (Fsp3) is 0. The molecule has 0 atom stereocenters. The molecule has 1 aromatic heterocycles. The number of nitriles is 1. The lowest BCUT2D eigenvalue weighted by Crippen LogP contribution is -2.04. The zero-order chi connectivity index (χ0) is 13.8. The Labute approximate surface area is 118 Å². The van der Waals surface area contributed by atoms with E-state index in [9.17, 15) is 9.65 Å². The van der Waals surface area contributed by atoms with E-state index in [-0.39, 0.29) is 16.8 Å². The fourth-order valence-electron chi connectivity index (χ4n) is 1.68. The lowest BCUT2D eigenvalue weighted by Gasteiger charge is -2.09. The molecule has 0 unspecified atom stereocenters. The highest BCUT2D eigenvalue weighted by Crippen LogP contribution is 2.29. The standard InChI is InChI=1S/C14H9BrFN3/c15-11-2-1-3-12(16)13(11)14(18)10(8-17)9-4-6-19-7-5-9/h1-7H,18H2/b14-10-. The number of benzene rings is 1. The highest BCUT2D eigenvalue weighted by Gasteiger charge is 2.14. The maximum Gasteiger partial charge on any atom is 0.133 e. The second-order valence-corrected chi connectivity index (χ2v) is 4.59. The van der Waals surface area contributed by atoms with Crippen molar-refractivity contribution < 1.29 is 4.39 Å². The lowest BCUT2D eigenvalue weighted by molar-refractivity contribution is 0.623. The SMILES string of the molecule is N#C/C(=C(/N)c1c(F)cccc1Br)c1ccncc1. The molecule has 0 aliphatic heterocycles. The van der Waals surface area contributed by atoms with Gasteiger partial charge in [-0.1, -0.05) is 6.07 Å². The molecule has 1 aromatic carbocycles. The van der Waals surface area contributed by atoms with Gasteiger partial charge in [-0.2, -0.15) is 5.26 Å². The van der Waals surface area contributed by atoms with Gasteiger partial charge in [0, 0.05) is 22.4 Å². The van der Waals surface area contributed by atoms with Gasteiger partial charge in [0.05, 0.1) is 11.3 Å². The largest absolute Gasteiger partial charge is 0.397 e. The summed E-state index contributed by atoms with van der Waals surface area (Å²) in [6.07, 6.45) is 3.10. The highest BCUT2D eigenvalue weighted by atomic mass is 79.9. The summed E-state index contributed by atoms with van der Waals surface area (Å²) in [5, 5.41) is 9.25. The molecule has 2 N–H and O–H groups in total. The predicted octanol–water partition coefficient (Wildman–Crippen LogP) is 3.33. The van der Waals surface area contributed by atoms with Gasteiger partial charge in [-0.15, -0.1) is 0 Å². The number of halogens is 2. The van der Waals surface area contributed by atoms with Gasteiger partial charge in [-0.25, -0.2) is 4.39 Å². The highest BCUT2D eigenvalue weighted by molar-refractivity contribution is 9.10. The molecule has 0 bridgehead atoms. The first-order chi connectivity index (χ1) is 9.15. The lowest BCUT2D eigenvalue weighted by atomic mass is 10.0. The molecule has 2 aromatic rings. The van der Waals surface area contributed by atoms with Crippen molar-refractivity contribution in [3.8, 4) is 6.07 Å². The maximum atomic E-state index is 13.8. The molecule has 0 saturated carbocycles. The zero-order valence-corrected chi connectivity index (χ0v) is 11.4. The molecule has 94 valence electrons. The van der Waals surface area contributed by atoms with Crippen LogP contribution in [0.15, 0.2) is 47.2 Å². The molecule has 0 aliphatic rings. The predicted molar refractivity (Wildman–Crippen MR) is 75.0 cm³/mol. The Bertz CT molecular complexity index is 655. The molecule has 0 aliphatic carbocycles. The van der Waals surface area contributed by atoms with Gasteiger partial charge in [0.15, 0.2) is 0 Å². The van der Waals surface area contributed by atoms with Gasteiger partial charge in [-0.05, 0) is 45.8 Å². The van der Waals surface area contributed by atoms with Gasteiger partial charge in [0.1, 0.15) is 11.9 Å². The van der Waals surface area contributed by atoms with E-state index in [4.69, 9.17) is 5.73 Å². The Morgan fingerprint density at radius 3 is 2.53 bits per heavy atom. The van der Waals surface area contributed by atoms with Gasteiger partial charge < -0.3 is 5.73 Å². The van der Waals surface area contributed by atoms with Gasteiger partial charge >= 0.3 is 0 Å². The summed E-state index contributed by atoms with van der Waals surface area (Å²) in [7, 11) is 0.